The number of anilines is 1. The summed E-state index contributed by atoms with van der Waals surface area (Å²) in [5.41, 5.74) is 1.34. The predicted molar refractivity (Wildman–Crippen MR) is 108 cm³/mol. The molecule has 1 saturated carbocycles. The van der Waals surface area contributed by atoms with Crippen LogP contribution >= 0.6 is 0 Å². The molecule has 7 nitrogen and oxygen atoms in total. The highest BCUT2D eigenvalue weighted by Gasteiger charge is 2.38. The van der Waals surface area contributed by atoms with E-state index in [-0.39, 0.29) is 22.8 Å². The van der Waals surface area contributed by atoms with Crippen LogP contribution in [0.4, 0.5) is 5.69 Å². The molecule has 1 fully saturated rings. The Morgan fingerprint density at radius 1 is 1.18 bits per heavy atom. The first kappa shape index (κ1) is 20.8. The molecule has 1 heterocycles. The van der Waals surface area contributed by atoms with Crippen LogP contribution in [0.1, 0.15) is 52.0 Å². The molecule has 154 valence electrons. The normalized spacial score (nSPS) is 19.9. The SMILES string of the molecule is CCN(CC)S(=O)(=O)c1ccc2c(c1)C[C@H](C(=O)NC1CCCC1)N2C(C)=O. The molecule has 0 radical (unpaired) electrons. The maximum absolute atomic E-state index is 12.8. The molecule has 1 aromatic rings. The van der Waals surface area contributed by atoms with Gasteiger partial charge in [-0.05, 0) is 36.6 Å². The van der Waals surface area contributed by atoms with Gasteiger partial charge in [-0.1, -0.05) is 26.7 Å². The fourth-order valence-electron chi connectivity index (χ4n) is 4.27. The van der Waals surface area contributed by atoms with Crippen molar-refractivity contribution in [2.45, 2.75) is 69.9 Å². The van der Waals surface area contributed by atoms with Crippen molar-refractivity contribution in [1.82, 2.24) is 9.62 Å². The number of nitrogens with zero attached hydrogens (tertiary/aromatic N) is 2. The van der Waals surface area contributed by atoms with Crippen molar-refractivity contribution in [3.63, 3.8) is 0 Å². The van der Waals surface area contributed by atoms with E-state index in [1.54, 1.807) is 26.0 Å². The van der Waals surface area contributed by atoms with Crippen LogP contribution in [0.2, 0.25) is 0 Å². The number of hydrogen-bond acceptors (Lipinski definition) is 4. The molecule has 1 atom stereocenters. The number of nitrogens with one attached hydrogen (secondary N) is 1. The molecule has 0 bridgehead atoms. The smallest absolute Gasteiger partial charge is 0.243 e. The zero-order chi connectivity index (χ0) is 20.5. The second-order valence-electron chi connectivity index (χ2n) is 7.48. The highest BCUT2D eigenvalue weighted by Crippen LogP contribution is 2.35. The second-order valence-corrected chi connectivity index (χ2v) is 9.42. The number of carbonyl (C=O) groups excluding carboxylic acids is 2. The number of carbonyl (C=O) groups is 2. The van der Waals surface area contributed by atoms with E-state index in [1.165, 1.54) is 22.2 Å². The number of sulfonamides is 1. The number of amides is 2. The molecule has 2 aliphatic rings. The van der Waals surface area contributed by atoms with Gasteiger partial charge in [0.05, 0.1) is 4.90 Å². The van der Waals surface area contributed by atoms with E-state index in [2.05, 4.69) is 5.32 Å². The molecule has 8 heteroatoms. The molecular formula is C20H29N3O4S. The zero-order valence-electron chi connectivity index (χ0n) is 16.8. The summed E-state index contributed by atoms with van der Waals surface area (Å²) in [6.45, 7) is 5.82. The molecule has 0 saturated heterocycles. The van der Waals surface area contributed by atoms with E-state index >= 15 is 0 Å². The van der Waals surface area contributed by atoms with E-state index in [0.717, 1.165) is 31.2 Å². The lowest BCUT2D eigenvalue weighted by atomic mass is 10.1. The molecule has 1 aliphatic carbocycles. The Kier molecular flexibility index (Phi) is 6.09. The van der Waals surface area contributed by atoms with Crippen molar-refractivity contribution in [3.05, 3.63) is 23.8 Å². The summed E-state index contributed by atoms with van der Waals surface area (Å²) in [6.07, 6.45) is 4.49. The quantitative estimate of drug-likeness (QED) is 0.782. The minimum absolute atomic E-state index is 0.161. The molecule has 0 unspecified atom stereocenters. The third-order valence-electron chi connectivity index (χ3n) is 5.72. The third kappa shape index (κ3) is 3.80. The largest absolute Gasteiger partial charge is 0.352 e. The van der Waals surface area contributed by atoms with Gasteiger partial charge in [-0.25, -0.2) is 8.42 Å². The first-order chi connectivity index (χ1) is 13.3. The summed E-state index contributed by atoms with van der Waals surface area (Å²) in [5.74, 6) is -0.379. The second kappa shape index (κ2) is 8.21. The van der Waals surface area contributed by atoms with E-state index in [9.17, 15) is 18.0 Å². The number of fused-ring (bicyclic) bond motifs is 1. The fourth-order valence-corrected chi connectivity index (χ4v) is 5.78. The highest BCUT2D eigenvalue weighted by molar-refractivity contribution is 7.89. The monoisotopic (exact) mass is 407 g/mol. The minimum atomic E-state index is -3.59. The molecule has 1 aliphatic heterocycles. The van der Waals surface area contributed by atoms with Gasteiger partial charge in [0.25, 0.3) is 0 Å². The average molecular weight is 408 g/mol. The van der Waals surface area contributed by atoms with E-state index in [4.69, 9.17) is 0 Å². The van der Waals surface area contributed by atoms with Gasteiger partial charge < -0.3 is 5.32 Å². The Labute approximate surface area is 167 Å². The lowest BCUT2D eigenvalue weighted by Crippen LogP contribution is -2.49. The molecule has 1 N–H and O–H groups in total. The molecule has 0 aromatic heterocycles. The molecule has 3 rings (SSSR count). The summed E-state index contributed by atoms with van der Waals surface area (Å²) < 4.78 is 27.0. The van der Waals surface area contributed by atoms with Gasteiger partial charge in [-0.15, -0.1) is 0 Å². The van der Waals surface area contributed by atoms with Crippen LogP contribution in [0.15, 0.2) is 23.1 Å². The standard InChI is InChI=1S/C20H29N3O4S/c1-4-22(5-2)28(26,27)17-10-11-18-15(12-17)13-19(23(18)14(3)24)20(25)21-16-8-6-7-9-16/h10-12,16,19H,4-9,13H2,1-3H3,(H,21,25)/t19-/m1/s1. The van der Waals surface area contributed by atoms with Crippen molar-refractivity contribution >= 4 is 27.5 Å². The summed E-state index contributed by atoms with van der Waals surface area (Å²) in [7, 11) is -3.59. The van der Waals surface area contributed by atoms with Crippen LogP contribution in [-0.4, -0.2) is 49.7 Å². The van der Waals surface area contributed by atoms with Gasteiger partial charge >= 0.3 is 0 Å². The van der Waals surface area contributed by atoms with E-state index < -0.39 is 16.1 Å². The van der Waals surface area contributed by atoms with Crippen LogP contribution in [-0.2, 0) is 26.0 Å². The molecule has 1 aromatic carbocycles. The van der Waals surface area contributed by atoms with Crippen molar-refractivity contribution in [3.8, 4) is 0 Å². The number of benzene rings is 1. The summed E-state index contributed by atoms with van der Waals surface area (Å²) in [5, 5.41) is 3.06. The highest BCUT2D eigenvalue weighted by atomic mass is 32.2. The Morgan fingerprint density at radius 3 is 2.39 bits per heavy atom. The maximum atomic E-state index is 12.8. The molecule has 2 amide bonds. The Morgan fingerprint density at radius 2 is 1.82 bits per heavy atom. The number of rotatable bonds is 6. The van der Waals surface area contributed by atoms with Crippen molar-refractivity contribution in [2.75, 3.05) is 18.0 Å². The van der Waals surface area contributed by atoms with Gasteiger partial charge in [-0.3, -0.25) is 14.5 Å². The topological polar surface area (TPSA) is 86.8 Å². The molecule has 0 spiro atoms. The van der Waals surface area contributed by atoms with Crippen LogP contribution in [0.3, 0.4) is 0 Å². The summed E-state index contributed by atoms with van der Waals surface area (Å²) in [4.78, 5) is 26.8. The Balaban J connectivity index is 1.89. The van der Waals surface area contributed by atoms with Crippen LogP contribution in [0.25, 0.3) is 0 Å². The Bertz CT molecular complexity index is 858. The number of hydrogen-bond donors (Lipinski definition) is 1. The minimum Gasteiger partial charge on any atom is -0.352 e. The Hall–Kier alpha value is -1.93. The van der Waals surface area contributed by atoms with Gasteiger partial charge in [0.1, 0.15) is 6.04 Å². The summed E-state index contributed by atoms with van der Waals surface area (Å²) >= 11 is 0. The average Bonchev–Trinajstić information content (AvgIpc) is 3.28. The van der Waals surface area contributed by atoms with Crippen molar-refractivity contribution < 1.29 is 18.0 Å². The van der Waals surface area contributed by atoms with Gasteiger partial charge in [0.15, 0.2) is 0 Å². The third-order valence-corrected chi connectivity index (χ3v) is 7.77. The lowest BCUT2D eigenvalue weighted by Gasteiger charge is -2.25. The van der Waals surface area contributed by atoms with Crippen LogP contribution in [0, 0.1) is 0 Å². The fraction of sp³-hybridized carbons (Fsp3) is 0.600. The first-order valence-electron chi connectivity index (χ1n) is 10.0. The summed E-state index contributed by atoms with van der Waals surface area (Å²) in [6, 6.07) is 4.33. The van der Waals surface area contributed by atoms with Gasteiger partial charge in [-0.2, -0.15) is 4.31 Å². The molecule has 28 heavy (non-hydrogen) atoms. The predicted octanol–water partition coefficient (Wildman–Crippen LogP) is 2.05. The molecular weight excluding hydrogens is 378 g/mol. The van der Waals surface area contributed by atoms with E-state index in [0.29, 0.717) is 25.2 Å². The van der Waals surface area contributed by atoms with Gasteiger partial charge in [0, 0.05) is 38.2 Å². The van der Waals surface area contributed by atoms with Crippen molar-refractivity contribution in [1.29, 1.82) is 0 Å². The lowest BCUT2D eigenvalue weighted by molar-refractivity contribution is -0.126. The van der Waals surface area contributed by atoms with E-state index in [1.807, 2.05) is 0 Å². The van der Waals surface area contributed by atoms with Crippen LogP contribution in [0.5, 0.6) is 0 Å². The van der Waals surface area contributed by atoms with Crippen molar-refractivity contribution in [2.24, 2.45) is 0 Å². The van der Waals surface area contributed by atoms with Gasteiger partial charge in [0.2, 0.25) is 21.8 Å². The zero-order valence-corrected chi connectivity index (χ0v) is 17.6. The first-order valence-corrected chi connectivity index (χ1v) is 11.5. The maximum Gasteiger partial charge on any atom is 0.243 e. The van der Waals surface area contributed by atoms with Crippen LogP contribution < -0.4 is 10.2 Å².